The van der Waals surface area contributed by atoms with Gasteiger partial charge in [0.05, 0.1) is 12.7 Å². The number of benzene rings is 2. The molecule has 0 aliphatic carbocycles. The van der Waals surface area contributed by atoms with Crippen molar-refractivity contribution < 1.29 is 14.3 Å². The Labute approximate surface area is 163 Å². The molecule has 2 aromatic carbocycles. The van der Waals surface area contributed by atoms with Gasteiger partial charge in [0.15, 0.2) is 0 Å². The molecule has 0 unspecified atom stereocenters. The molecule has 4 heteroatoms. The van der Waals surface area contributed by atoms with Gasteiger partial charge in [-0.25, -0.2) is 4.79 Å². The Balaban J connectivity index is 2.18. The van der Waals surface area contributed by atoms with Gasteiger partial charge in [-0.3, -0.25) is 4.90 Å². The molecule has 0 heterocycles. The first-order valence-corrected chi connectivity index (χ1v) is 9.62. The Hall–Kier alpha value is -2.33. The maximum absolute atomic E-state index is 11.9. The molecule has 0 fully saturated rings. The van der Waals surface area contributed by atoms with Gasteiger partial charge >= 0.3 is 5.97 Å². The van der Waals surface area contributed by atoms with E-state index in [4.69, 9.17) is 9.47 Å². The van der Waals surface area contributed by atoms with Crippen LogP contribution in [0.15, 0.2) is 48.5 Å². The van der Waals surface area contributed by atoms with Crippen LogP contribution in [0.4, 0.5) is 0 Å². The molecule has 0 saturated heterocycles. The molecule has 0 spiro atoms. The van der Waals surface area contributed by atoms with Crippen molar-refractivity contribution in [1.29, 1.82) is 0 Å². The SMILES string of the molecule is COC(=O)c1ccc(Oc2ccccc2)c(CCCN(C(C)C)C(C)C)c1. The highest BCUT2D eigenvalue weighted by atomic mass is 16.5. The van der Waals surface area contributed by atoms with Gasteiger partial charge in [-0.15, -0.1) is 0 Å². The molecule has 146 valence electrons. The molecule has 0 bridgehead atoms. The summed E-state index contributed by atoms with van der Waals surface area (Å²) < 4.78 is 10.9. The number of rotatable bonds is 9. The second-order valence-electron chi connectivity index (χ2n) is 7.26. The fraction of sp³-hybridized carbons (Fsp3) is 0.435. The summed E-state index contributed by atoms with van der Waals surface area (Å²) >= 11 is 0. The number of carbonyl (C=O) groups excluding carboxylic acids is 1. The number of nitrogens with zero attached hydrogens (tertiary/aromatic N) is 1. The Bertz CT molecular complexity index is 718. The van der Waals surface area contributed by atoms with E-state index in [-0.39, 0.29) is 5.97 Å². The highest BCUT2D eigenvalue weighted by Crippen LogP contribution is 2.28. The van der Waals surface area contributed by atoms with Gasteiger partial charge in [-0.2, -0.15) is 0 Å². The van der Waals surface area contributed by atoms with Crippen LogP contribution in [0.25, 0.3) is 0 Å². The van der Waals surface area contributed by atoms with Crippen molar-refractivity contribution in [2.24, 2.45) is 0 Å². The number of hydrogen-bond acceptors (Lipinski definition) is 4. The van der Waals surface area contributed by atoms with Crippen molar-refractivity contribution in [2.75, 3.05) is 13.7 Å². The zero-order chi connectivity index (χ0) is 19.8. The minimum absolute atomic E-state index is 0.325. The summed E-state index contributed by atoms with van der Waals surface area (Å²) in [6, 6.07) is 16.2. The van der Waals surface area contributed by atoms with Crippen LogP contribution in [0.5, 0.6) is 11.5 Å². The second kappa shape index (κ2) is 10.1. The third-order valence-electron chi connectivity index (χ3n) is 4.64. The van der Waals surface area contributed by atoms with Gasteiger partial charge in [-0.1, -0.05) is 18.2 Å². The average molecular weight is 370 g/mol. The minimum Gasteiger partial charge on any atom is -0.465 e. The Morgan fingerprint density at radius 2 is 1.67 bits per heavy atom. The minimum atomic E-state index is -0.325. The van der Waals surface area contributed by atoms with Crippen LogP contribution >= 0.6 is 0 Å². The summed E-state index contributed by atoms with van der Waals surface area (Å²) in [7, 11) is 1.40. The number of para-hydroxylation sites is 1. The lowest BCUT2D eigenvalue weighted by molar-refractivity contribution is 0.0600. The molecule has 0 amide bonds. The Morgan fingerprint density at radius 1 is 1.00 bits per heavy atom. The molecule has 2 rings (SSSR count). The van der Waals surface area contributed by atoms with E-state index in [9.17, 15) is 4.79 Å². The largest absolute Gasteiger partial charge is 0.465 e. The Morgan fingerprint density at radius 3 is 2.26 bits per heavy atom. The third kappa shape index (κ3) is 6.10. The molecule has 0 aromatic heterocycles. The van der Waals surface area contributed by atoms with E-state index < -0.39 is 0 Å². The second-order valence-corrected chi connectivity index (χ2v) is 7.26. The zero-order valence-corrected chi connectivity index (χ0v) is 17.1. The van der Waals surface area contributed by atoms with Gasteiger partial charge in [0.25, 0.3) is 0 Å². The standard InChI is InChI=1S/C23H31NO3/c1-17(2)24(18(3)4)15-9-10-19-16-20(23(25)26-5)13-14-22(19)27-21-11-7-6-8-12-21/h6-8,11-14,16-18H,9-10,15H2,1-5H3. The molecule has 0 aliphatic heterocycles. The van der Waals surface area contributed by atoms with E-state index >= 15 is 0 Å². The molecule has 0 N–H and O–H groups in total. The lowest BCUT2D eigenvalue weighted by Crippen LogP contribution is -2.37. The van der Waals surface area contributed by atoms with Crippen LogP contribution in [-0.4, -0.2) is 36.6 Å². The first-order valence-electron chi connectivity index (χ1n) is 9.62. The number of carbonyl (C=O) groups is 1. The average Bonchev–Trinajstić information content (AvgIpc) is 2.65. The van der Waals surface area contributed by atoms with Crippen LogP contribution in [0, 0.1) is 0 Å². The molecule has 4 nitrogen and oxygen atoms in total. The lowest BCUT2D eigenvalue weighted by atomic mass is 10.0. The van der Waals surface area contributed by atoms with Gasteiger partial charge in [0, 0.05) is 12.1 Å². The fourth-order valence-electron chi connectivity index (χ4n) is 3.30. The lowest BCUT2D eigenvalue weighted by Gasteiger charge is -2.30. The summed E-state index contributed by atoms with van der Waals surface area (Å²) in [6.07, 6.45) is 1.83. The van der Waals surface area contributed by atoms with E-state index in [1.54, 1.807) is 6.07 Å². The van der Waals surface area contributed by atoms with Crippen molar-refractivity contribution in [3.63, 3.8) is 0 Å². The number of hydrogen-bond donors (Lipinski definition) is 0. The van der Waals surface area contributed by atoms with Crippen LogP contribution < -0.4 is 4.74 Å². The van der Waals surface area contributed by atoms with Crippen LogP contribution in [-0.2, 0) is 11.2 Å². The van der Waals surface area contributed by atoms with Crippen LogP contribution in [0.3, 0.4) is 0 Å². The Kier molecular flexibility index (Phi) is 7.86. The number of methoxy groups -OCH3 is 1. The van der Waals surface area contributed by atoms with Crippen molar-refractivity contribution in [3.05, 3.63) is 59.7 Å². The highest BCUT2D eigenvalue weighted by molar-refractivity contribution is 5.89. The molecule has 0 aliphatic rings. The van der Waals surface area contributed by atoms with Crippen LogP contribution in [0.2, 0.25) is 0 Å². The van der Waals surface area contributed by atoms with Crippen LogP contribution in [0.1, 0.15) is 50.0 Å². The van der Waals surface area contributed by atoms with E-state index in [0.29, 0.717) is 17.6 Å². The monoisotopic (exact) mass is 369 g/mol. The van der Waals surface area contributed by atoms with Crippen molar-refractivity contribution in [2.45, 2.75) is 52.6 Å². The normalized spacial score (nSPS) is 11.3. The first-order chi connectivity index (χ1) is 12.9. The summed E-state index contributed by atoms with van der Waals surface area (Å²) in [5.41, 5.74) is 1.58. The van der Waals surface area contributed by atoms with Gasteiger partial charge in [-0.05, 0) is 83.0 Å². The predicted molar refractivity (Wildman–Crippen MR) is 110 cm³/mol. The summed E-state index contributed by atoms with van der Waals surface area (Å²) in [5, 5.41) is 0. The molecule has 27 heavy (non-hydrogen) atoms. The van der Waals surface area contributed by atoms with Gasteiger partial charge < -0.3 is 9.47 Å². The molecule has 0 atom stereocenters. The third-order valence-corrected chi connectivity index (χ3v) is 4.64. The fourth-order valence-corrected chi connectivity index (χ4v) is 3.30. The van der Waals surface area contributed by atoms with Crippen molar-refractivity contribution >= 4 is 5.97 Å². The first kappa shape index (κ1) is 21.0. The highest BCUT2D eigenvalue weighted by Gasteiger charge is 2.15. The van der Waals surface area contributed by atoms with E-state index in [1.807, 2.05) is 42.5 Å². The quantitative estimate of drug-likeness (QED) is 0.561. The van der Waals surface area contributed by atoms with Crippen molar-refractivity contribution in [1.82, 2.24) is 4.90 Å². The summed E-state index contributed by atoms with van der Waals surface area (Å²) in [6.45, 7) is 9.90. The van der Waals surface area contributed by atoms with E-state index in [1.165, 1.54) is 7.11 Å². The topological polar surface area (TPSA) is 38.8 Å². The molecule has 0 saturated carbocycles. The van der Waals surface area contributed by atoms with E-state index in [0.717, 1.165) is 36.4 Å². The van der Waals surface area contributed by atoms with E-state index in [2.05, 4.69) is 32.6 Å². The summed E-state index contributed by atoms with van der Waals surface area (Å²) in [5.74, 6) is 1.25. The predicted octanol–water partition coefficient (Wildman–Crippen LogP) is 5.32. The van der Waals surface area contributed by atoms with Gasteiger partial charge in [0.2, 0.25) is 0 Å². The zero-order valence-electron chi connectivity index (χ0n) is 17.1. The molecule has 2 aromatic rings. The number of ether oxygens (including phenoxy) is 2. The molecular weight excluding hydrogens is 338 g/mol. The maximum Gasteiger partial charge on any atom is 0.337 e. The smallest absolute Gasteiger partial charge is 0.337 e. The maximum atomic E-state index is 11.9. The number of aryl methyl sites for hydroxylation is 1. The molecule has 0 radical (unpaired) electrons. The number of esters is 1. The molecular formula is C23H31NO3. The van der Waals surface area contributed by atoms with Crippen molar-refractivity contribution in [3.8, 4) is 11.5 Å². The van der Waals surface area contributed by atoms with Gasteiger partial charge in [0.1, 0.15) is 11.5 Å². The summed E-state index contributed by atoms with van der Waals surface area (Å²) in [4.78, 5) is 14.4.